The van der Waals surface area contributed by atoms with E-state index in [2.05, 4.69) is 5.32 Å². The molecule has 0 saturated heterocycles. The van der Waals surface area contributed by atoms with Crippen LogP contribution in [0.15, 0.2) is 78.9 Å². The van der Waals surface area contributed by atoms with Gasteiger partial charge in [-0.25, -0.2) is 8.42 Å². The van der Waals surface area contributed by atoms with Crippen molar-refractivity contribution < 1.29 is 18.0 Å². The van der Waals surface area contributed by atoms with Crippen LogP contribution >= 0.6 is 11.6 Å². The third-order valence-electron chi connectivity index (χ3n) is 5.90. The smallest absolute Gasteiger partial charge is 0.244 e. The van der Waals surface area contributed by atoms with Gasteiger partial charge in [-0.15, -0.1) is 0 Å². The molecule has 0 bridgehead atoms. The summed E-state index contributed by atoms with van der Waals surface area (Å²) in [6, 6.07) is 22.7. The van der Waals surface area contributed by atoms with Crippen molar-refractivity contribution in [3.8, 4) is 0 Å². The number of carbonyl (C=O) groups excluding carboxylic acids is 2. The fraction of sp³-hybridized carbons (Fsp3) is 0.259. The Labute approximate surface area is 217 Å². The van der Waals surface area contributed by atoms with Crippen LogP contribution in [0.3, 0.4) is 0 Å². The predicted molar refractivity (Wildman–Crippen MR) is 143 cm³/mol. The van der Waals surface area contributed by atoms with Gasteiger partial charge in [0, 0.05) is 25.0 Å². The summed E-state index contributed by atoms with van der Waals surface area (Å²) in [5.41, 5.74) is 2.55. The van der Waals surface area contributed by atoms with Crippen molar-refractivity contribution in [1.29, 1.82) is 0 Å². The first kappa shape index (κ1) is 27.2. The zero-order valence-corrected chi connectivity index (χ0v) is 22.1. The van der Waals surface area contributed by atoms with Gasteiger partial charge in [0.05, 0.1) is 11.9 Å². The number of benzene rings is 3. The third kappa shape index (κ3) is 6.86. The fourth-order valence-electron chi connectivity index (χ4n) is 3.96. The standard InChI is InChI=1S/C27H30ClN3O4S/c1-20-23(28)15-10-16-24(20)31(36(3,34)35)19-26(32)30(18-22-13-8-5-9-14-22)25(27(33)29-2)17-21-11-6-4-7-12-21/h4-16,25H,17-19H2,1-3H3,(H,29,33)/t25-/m0/s1. The molecular weight excluding hydrogens is 498 g/mol. The van der Waals surface area contributed by atoms with E-state index in [1.165, 1.54) is 11.9 Å². The van der Waals surface area contributed by atoms with Crippen LogP contribution in [0.1, 0.15) is 16.7 Å². The maximum absolute atomic E-state index is 13.8. The van der Waals surface area contributed by atoms with Crippen LogP contribution in [0.2, 0.25) is 5.02 Å². The number of amides is 2. The molecule has 2 amide bonds. The average molecular weight is 528 g/mol. The summed E-state index contributed by atoms with van der Waals surface area (Å²) in [6.07, 6.45) is 1.32. The summed E-state index contributed by atoms with van der Waals surface area (Å²) in [5.74, 6) is -0.846. The van der Waals surface area contributed by atoms with Gasteiger partial charge in [-0.05, 0) is 35.7 Å². The molecule has 0 unspecified atom stereocenters. The second-order valence-electron chi connectivity index (χ2n) is 8.48. The first-order valence-corrected chi connectivity index (χ1v) is 13.7. The Morgan fingerprint density at radius 3 is 2.06 bits per heavy atom. The SMILES string of the molecule is CNC(=O)[C@H](Cc1ccccc1)N(Cc1ccccc1)C(=O)CN(c1cccc(Cl)c1C)S(C)(=O)=O. The molecule has 0 heterocycles. The fourth-order valence-corrected chi connectivity index (χ4v) is 5.03. The highest BCUT2D eigenvalue weighted by Crippen LogP contribution is 2.28. The molecule has 3 rings (SSSR count). The molecule has 0 radical (unpaired) electrons. The molecule has 7 nitrogen and oxygen atoms in total. The predicted octanol–water partition coefficient (Wildman–Crippen LogP) is 3.80. The Balaban J connectivity index is 2.03. The maximum atomic E-state index is 13.8. The second-order valence-corrected chi connectivity index (χ2v) is 10.8. The van der Waals surface area contributed by atoms with E-state index < -0.39 is 28.5 Å². The molecule has 9 heteroatoms. The molecule has 1 atom stereocenters. The molecule has 0 spiro atoms. The summed E-state index contributed by atoms with van der Waals surface area (Å²) in [6.45, 7) is 1.36. The molecule has 190 valence electrons. The van der Waals surface area contributed by atoms with Gasteiger partial charge in [-0.1, -0.05) is 78.3 Å². The highest BCUT2D eigenvalue weighted by Gasteiger charge is 2.33. The van der Waals surface area contributed by atoms with Gasteiger partial charge >= 0.3 is 0 Å². The van der Waals surface area contributed by atoms with Crippen molar-refractivity contribution in [3.63, 3.8) is 0 Å². The molecule has 0 fully saturated rings. The summed E-state index contributed by atoms with van der Waals surface area (Å²) < 4.78 is 26.6. The Morgan fingerprint density at radius 2 is 1.50 bits per heavy atom. The van der Waals surface area contributed by atoms with E-state index in [4.69, 9.17) is 11.6 Å². The summed E-state index contributed by atoms with van der Waals surface area (Å²) in [7, 11) is -2.32. The van der Waals surface area contributed by atoms with Gasteiger partial charge < -0.3 is 10.2 Å². The van der Waals surface area contributed by atoms with E-state index in [9.17, 15) is 18.0 Å². The summed E-state index contributed by atoms with van der Waals surface area (Å²) in [5, 5.41) is 3.05. The lowest BCUT2D eigenvalue weighted by Crippen LogP contribution is -2.53. The van der Waals surface area contributed by atoms with Crippen LogP contribution < -0.4 is 9.62 Å². The molecule has 36 heavy (non-hydrogen) atoms. The van der Waals surface area contributed by atoms with Crippen LogP contribution in [-0.4, -0.2) is 51.0 Å². The summed E-state index contributed by atoms with van der Waals surface area (Å²) in [4.78, 5) is 28.3. The minimum Gasteiger partial charge on any atom is -0.357 e. The molecule has 3 aromatic carbocycles. The van der Waals surface area contributed by atoms with Crippen LogP contribution in [0.5, 0.6) is 0 Å². The molecule has 0 aliphatic rings. The van der Waals surface area contributed by atoms with Gasteiger partial charge in [0.1, 0.15) is 12.6 Å². The number of hydrogen-bond acceptors (Lipinski definition) is 4. The Kier molecular flexibility index (Phi) is 9.12. The van der Waals surface area contributed by atoms with E-state index >= 15 is 0 Å². The number of nitrogens with zero attached hydrogens (tertiary/aromatic N) is 2. The largest absolute Gasteiger partial charge is 0.357 e. The maximum Gasteiger partial charge on any atom is 0.244 e. The number of halogens is 1. The Hall–Kier alpha value is -3.36. The minimum absolute atomic E-state index is 0.136. The molecular formula is C27H30ClN3O4S. The molecule has 0 saturated carbocycles. The van der Waals surface area contributed by atoms with E-state index in [1.807, 2.05) is 60.7 Å². The first-order valence-electron chi connectivity index (χ1n) is 11.4. The van der Waals surface area contributed by atoms with E-state index in [1.54, 1.807) is 25.1 Å². The molecule has 0 aliphatic carbocycles. The second kappa shape index (κ2) is 12.1. The van der Waals surface area contributed by atoms with Crippen molar-refractivity contribution in [2.24, 2.45) is 0 Å². The van der Waals surface area contributed by atoms with E-state index in [-0.39, 0.29) is 18.9 Å². The lowest BCUT2D eigenvalue weighted by molar-refractivity contribution is -0.139. The number of sulfonamides is 1. The van der Waals surface area contributed by atoms with Crippen LogP contribution in [0.25, 0.3) is 0 Å². The quantitative estimate of drug-likeness (QED) is 0.434. The number of likely N-dealkylation sites (N-methyl/N-ethyl adjacent to an activating group) is 1. The first-order chi connectivity index (χ1) is 17.1. The van der Waals surface area contributed by atoms with Crippen LogP contribution in [0.4, 0.5) is 5.69 Å². The zero-order valence-electron chi connectivity index (χ0n) is 20.5. The van der Waals surface area contributed by atoms with Crippen molar-refractivity contribution >= 4 is 39.1 Å². The highest BCUT2D eigenvalue weighted by molar-refractivity contribution is 7.92. The van der Waals surface area contributed by atoms with Crippen molar-refractivity contribution in [2.45, 2.75) is 25.9 Å². The Morgan fingerprint density at radius 1 is 0.917 bits per heavy atom. The van der Waals surface area contributed by atoms with Gasteiger partial charge in [0.15, 0.2) is 0 Å². The van der Waals surface area contributed by atoms with Crippen molar-refractivity contribution in [1.82, 2.24) is 10.2 Å². The molecule has 0 aromatic heterocycles. The minimum atomic E-state index is -3.84. The number of carbonyl (C=O) groups is 2. The Bertz CT molecular complexity index is 1300. The zero-order chi connectivity index (χ0) is 26.3. The van der Waals surface area contributed by atoms with Gasteiger partial charge in [-0.2, -0.15) is 0 Å². The number of rotatable bonds is 10. The van der Waals surface area contributed by atoms with Gasteiger partial charge in [0.2, 0.25) is 21.8 Å². The molecule has 0 aliphatic heterocycles. The average Bonchev–Trinajstić information content (AvgIpc) is 2.86. The monoisotopic (exact) mass is 527 g/mol. The van der Waals surface area contributed by atoms with E-state index in [0.29, 0.717) is 16.3 Å². The lowest BCUT2D eigenvalue weighted by atomic mass is 10.0. The highest BCUT2D eigenvalue weighted by atomic mass is 35.5. The number of hydrogen-bond donors (Lipinski definition) is 1. The molecule has 3 aromatic rings. The van der Waals surface area contributed by atoms with Gasteiger partial charge in [-0.3, -0.25) is 13.9 Å². The van der Waals surface area contributed by atoms with Crippen molar-refractivity contribution in [2.75, 3.05) is 24.2 Å². The number of nitrogens with one attached hydrogen (secondary N) is 1. The topological polar surface area (TPSA) is 86.8 Å². The van der Waals surface area contributed by atoms with Crippen LogP contribution in [0, 0.1) is 6.92 Å². The molecule has 1 N–H and O–H groups in total. The lowest BCUT2D eigenvalue weighted by Gasteiger charge is -2.33. The summed E-state index contributed by atoms with van der Waals surface area (Å²) >= 11 is 6.25. The normalized spacial score (nSPS) is 12.0. The van der Waals surface area contributed by atoms with E-state index in [0.717, 1.165) is 21.7 Å². The van der Waals surface area contributed by atoms with Gasteiger partial charge in [0.25, 0.3) is 0 Å². The number of anilines is 1. The van der Waals surface area contributed by atoms with Crippen LogP contribution in [-0.2, 0) is 32.6 Å². The van der Waals surface area contributed by atoms with Crippen molar-refractivity contribution in [3.05, 3.63) is 101 Å². The third-order valence-corrected chi connectivity index (χ3v) is 7.44.